The van der Waals surface area contributed by atoms with E-state index in [4.69, 9.17) is 4.74 Å². The summed E-state index contributed by atoms with van der Waals surface area (Å²) in [6, 6.07) is 3.96. The minimum atomic E-state index is -0.750. The molecule has 1 N–H and O–H groups in total. The SMILES string of the molecule is Cc1ccc(C)c2c1OCCCC2C(=O)O. The van der Waals surface area contributed by atoms with Gasteiger partial charge < -0.3 is 9.84 Å². The summed E-state index contributed by atoms with van der Waals surface area (Å²) in [6.07, 6.45) is 1.46. The largest absolute Gasteiger partial charge is 0.493 e. The lowest BCUT2D eigenvalue weighted by Crippen LogP contribution is -2.12. The summed E-state index contributed by atoms with van der Waals surface area (Å²) >= 11 is 0. The maximum absolute atomic E-state index is 11.3. The molecule has 86 valence electrons. The zero-order chi connectivity index (χ0) is 11.7. The number of fused-ring (bicyclic) bond motifs is 1. The average Bonchev–Trinajstić information content (AvgIpc) is 2.46. The number of rotatable bonds is 1. The van der Waals surface area contributed by atoms with Crippen LogP contribution in [0.15, 0.2) is 12.1 Å². The molecule has 1 unspecified atom stereocenters. The lowest BCUT2D eigenvalue weighted by Gasteiger charge is -2.17. The van der Waals surface area contributed by atoms with E-state index in [1.807, 2.05) is 26.0 Å². The van der Waals surface area contributed by atoms with Gasteiger partial charge in [-0.3, -0.25) is 4.79 Å². The summed E-state index contributed by atoms with van der Waals surface area (Å²) in [7, 11) is 0. The Morgan fingerprint density at radius 2 is 2.06 bits per heavy atom. The van der Waals surface area contributed by atoms with Gasteiger partial charge in [0.15, 0.2) is 0 Å². The minimum absolute atomic E-state index is 0.419. The van der Waals surface area contributed by atoms with Crippen molar-refractivity contribution in [1.82, 2.24) is 0 Å². The third kappa shape index (κ3) is 1.77. The van der Waals surface area contributed by atoms with Gasteiger partial charge in [0.2, 0.25) is 0 Å². The van der Waals surface area contributed by atoms with Crippen molar-refractivity contribution in [2.24, 2.45) is 0 Å². The number of hydrogen-bond donors (Lipinski definition) is 1. The third-order valence-electron chi connectivity index (χ3n) is 3.14. The maximum Gasteiger partial charge on any atom is 0.311 e. The fourth-order valence-electron chi connectivity index (χ4n) is 2.28. The molecule has 1 aromatic rings. The van der Waals surface area contributed by atoms with Crippen molar-refractivity contribution in [2.45, 2.75) is 32.6 Å². The monoisotopic (exact) mass is 220 g/mol. The summed E-state index contributed by atoms with van der Waals surface area (Å²) in [5, 5.41) is 9.27. The second kappa shape index (κ2) is 4.16. The fourth-order valence-corrected chi connectivity index (χ4v) is 2.28. The number of aryl methyl sites for hydroxylation is 2. The van der Waals surface area contributed by atoms with Gasteiger partial charge in [-0.2, -0.15) is 0 Å². The number of carbonyl (C=O) groups is 1. The highest BCUT2D eigenvalue weighted by atomic mass is 16.5. The van der Waals surface area contributed by atoms with E-state index in [2.05, 4.69) is 0 Å². The van der Waals surface area contributed by atoms with Gasteiger partial charge in [0, 0.05) is 5.56 Å². The highest BCUT2D eigenvalue weighted by Gasteiger charge is 2.28. The smallest absolute Gasteiger partial charge is 0.311 e. The molecule has 3 nitrogen and oxygen atoms in total. The Bertz CT molecular complexity index is 423. The predicted octanol–water partition coefficient (Wildman–Crippen LogP) is 2.64. The van der Waals surface area contributed by atoms with Crippen molar-refractivity contribution in [3.63, 3.8) is 0 Å². The quantitative estimate of drug-likeness (QED) is 0.791. The first-order chi connectivity index (χ1) is 7.61. The predicted molar refractivity (Wildman–Crippen MR) is 61.0 cm³/mol. The van der Waals surface area contributed by atoms with E-state index in [1.165, 1.54) is 0 Å². The Kier molecular flexibility index (Phi) is 2.86. The van der Waals surface area contributed by atoms with Crippen molar-refractivity contribution < 1.29 is 14.6 Å². The molecule has 0 amide bonds. The Balaban J connectivity index is 2.59. The number of aliphatic carboxylic acids is 1. The summed E-state index contributed by atoms with van der Waals surface area (Å²) in [4.78, 5) is 11.3. The molecule has 0 bridgehead atoms. The Hall–Kier alpha value is -1.51. The molecular formula is C13H16O3. The third-order valence-corrected chi connectivity index (χ3v) is 3.14. The molecule has 0 spiro atoms. The van der Waals surface area contributed by atoms with E-state index < -0.39 is 11.9 Å². The molecule has 0 fully saturated rings. The molecule has 1 heterocycles. The van der Waals surface area contributed by atoms with Crippen LogP contribution in [0.25, 0.3) is 0 Å². The molecule has 16 heavy (non-hydrogen) atoms. The maximum atomic E-state index is 11.3. The zero-order valence-electron chi connectivity index (χ0n) is 9.62. The summed E-state index contributed by atoms with van der Waals surface area (Å²) in [5.41, 5.74) is 2.90. The van der Waals surface area contributed by atoms with Crippen LogP contribution in [-0.4, -0.2) is 17.7 Å². The number of hydrogen-bond acceptors (Lipinski definition) is 2. The molecule has 0 aliphatic carbocycles. The van der Waals surface area contributed by atoms with E-state index in [0.29, 0.717) is 13.0 Å². The normalized spacial score (nSPS) is 19.5. The van der Waals surface area contributed by atoms with Crippen LogP contribution in [-0.2, 0) is 4.79 Å². The number of carboxylic acid groups (broad SMARTS) is 1. The van der Waals surface area contributed by atoms with Gasteiger partial charge in [0.05, 0.1) is 12.5 Å². The number of carboxylic acids is 1. The van der Waals surface area contributed by atoms with Crippen LogP contribution in [0.3, 0.4) is 0 Å². The van der Waals surface area contributed by atoms with E-state index in [0.717, 1.165) is 28.9 Å². The first kappa shape index (κ1) is 11.0. The van der Waals surface area contributed by atoms with Gasteiger partial charge in [-0.05, 0) is 37.8 Å². The van der Waals surface area contributed by atoms with Crippen LogP contribution < -0.4 is 4.74 Å². The average molecular weight is 220 g/mol. The van der Waals surface area contributed by atoms with Crippen molar-refractivity contribution >= 4 is 5.97 Å². The molecule has 3 heteroatoms. The Morgan fingerprint density at radius 3 is 2.75 bits per heavy atom. The highest BCUT2D eigenvalue weighted by molar-refractivity contribution is 5.78. The van der Waals surface area contributed by atoms with Gasteiger partial charge >= 0.3 is 5.97 Å². The van der Waals surface area contributed by atoms with Gasteiger partial charge in [0.1, 0.15) is 5.75 Å². The van der Waals surface area contributed by atoms with Crippen LogP contribution in [0.2, 0.25) is 0 Å². The van der Waals surface area contributed by atoms with Crippen molar-refractivity contribution in [3.8, 4) is 5.75 Å². The fraction of sp³-hybridized carbons (Fsp3) is 0.462. The van der Waals surface area contributed by atoms with Crippen molar-refractivity contribution in [3.05, 3.63) is 28.8 Å². The Labute approximate surface area is 95.0 Å². The Morgan fingerprint density at radius 1 is 1.38 bits per heavy atom. The number of benzene rings is 1. The van der Waals surface area contributed by atoms with Crippen LogP contribution >= 0.6 is 0 Å². The van der Waals surface area contributed by atoms with E-state index in [1.54, 1.807) is 0 Å². The minimum Gasteiger partial charge on any atom is -0.493 e. The van der Waals surface area contributed by atoms with Crippen molar-refractivity contribution in [1.29, 1.82) is 0 Å². The highest BCUT2D eigenvalue weighted by Crippen LogP contribution is 2.37. The molecule has 1 aliphatic rings. The topological polar surface area (TPSA) is 46.5 Å². The second-order valence-electron chi connectivity index (χ2n) is 4.32. The molecule has 2 rings (SSSR count). The second-order valence-corrected chi connectivity index (χ2v) is 4.32. The van der Waals surface area contributed by atoms with Gasteiger partial charge in [0.25, 0.3) is 0 Å². The lowest BCUT2D eigenvalue weighted by atomic mass is 9.89. The molecule has 0 aromatic heterocycles. The van der Waals surface area contributed by atoms with Gasteiger partial charge in [-0.25, -0.2) is 0 Å². The first-order valence-corrected chi connectivity index (χ1v) is 5.57. The van der Waals surface area contributed by atoms with Crippen LogP contribution in [0.4, 0.5) is 0 Å². The van der Waals surface area contributed by atoms with E-state index >= 15 is 0 Å². The number of ether oxygens (including phenoxy) is 1. The van der Waals surface area contributed by atoms with Crippen LogP contribution in [0, 0.1) is 13.8 Å². The first-order valence-electron chi connectivity index (χ1n) is 5.57. The van der Waals surface area contributed by atoms with E-state index in [9.17, 15) is 9.90 Å². The van der Waals surface area contributed by atoms with Gasteiger partial charge in [-0.1, -0.05) is 12.1 Å². The molecule has 1 aromatic carbocycles. The zero-order valence-corrected chi connectivity index (χ0v) is 9.62. The van der Waals surface area contributed by atoms with E-state index in [-0.39, 0.29) is 0 Å². The van der Waals surface area contributed by atoms with Gasteiger partial charge in [-0.15, -0.1) is 0 Å². The molecule has 1 atom stereocenters. The van der Waals surface area contributed by atoms with Crippen molar-refractivity contribution in [2.75, 3.05) is 6.61 Å². The molecule has 0 saturated heterocycles. The lowest BCUT2D eigenvalue weighted by molar-refractivity contribution is -0.138. The summed E-state index contributed by atoms with van der Waals surface area (Å²) < 4.78 is 5.68. The summed E-state index contributed by atoms with van der Waals surface area (Å²) in [5.74, 6) is -0.386. The molecule has 1 aliphatic heterocycles. The standard InChI is InChI=1S/C13H16O3/c1-8-5-6-9(2)12-11(8)10(13(14)15)4-3-7-16-12/h5-6,10H,3-4,7H2,1-2H3,(H,14,15). The molecule has 0 saturated carbocycles. The van der Waals surface area contributed by atoms with Crippen LogP contribution in [0.1, 0.15) is 35.4 Å². The molecular weight excluding hydrogens is 204 g/mol. The summed E-state index contributed by atoms with van der Waals surface area (Å²) in [6.45, 7) is 4.52. The van der Waals surface area contributed by atoms with Crippen LogP contribution in [0.5, 0.6) is 5.75 Å². The molecule has 0 radical (unpaired) electrons.